The van der Waals surface area contributed by atoms with Crippen molar-refractivity contribution >= 4 is 35.8 Å². The minimum Gasteiger partial charge on any atom is -0.487 e. The van der Waals surface area contributed by atoms with E-state index >= 15 is 0 Å². The number of nitrogens with one attached hydrogen (secondary N) is 2. The molecular formula is C25H36IN5O2. The third-order valence-corrected chi connectivity index (χ3v) is 5.83. The van der Waals surface area contributed by atoms with E-state index in [0.717, 1.165) is 55.8 Å². The minimum absolute atomic E-state index is 0. The van der Waals surface area contributed by atoms with E-state index in [2.05, 4.69) is 66.4 Å². The monoisotopic (exact) mass is 565 g/mol. The first-order valence-electron chi connectivity index (χ1n) is 11.6. The summed E-state index contributed by atoms with van der Waals surface area (Å²) in [7, 11) is 0. The lowest BCUT2D eigenvalue weighted by Gasteiger charge is -2.38. The van der Waals surface area contributed by atoms with E-state index in [9.17, 15) is 0 Å². The van der Waals surface area contributed by atoms with Crippen molar-refractivity contribution in [2.24, 2.45) is 4.99 Å². The molecule has 0 amide bonds. The Morgan fingerprint density at radius 2 is 2.09 bits per heavy atom. The van der Waals surface area contributed by atoms with Crippen LogP contribution in [0.2, 0.25) is 0 Å². The molecule has 0 bridgehead atoms. The highest BCUT2D eigenvalue weighted by molar-refractivity contribution is 14.0. The molecule has 2 unspecified atom stereocenters. The largest absolute Gasteiger partial charge is 0.487 e. The van der Waals surface area contributed by atoms with Gasteiger partial charge in [0.15, 0.2) is 5.96 Å². The van der Waals surface area contributed by atoms with Crippen molar-refractivity contribution in [1.82, 2.24) is 15.6 Å². The van der Waals surface area contributed by atoms with Crippen molar-refractivity contribution in [3.63, 3.8) is 0 Å². The van der Waals surface area contributed by atoms with Crippen LogP contribution in [-0.4, -0.2) is 48.9 Å². The van der Waals surface area contributed by atoms with E-state index < -0.39 is 0 Å². The van der Waals surface area contributed by atoms with Crippen LogP contribution in [0.3, 0.4) is 0 Å². The first-order chi connectivity index (χ1) is 15.4. The molecule has 1 fully saturated rings. The number of halogens is 1. The smallest absolute Gasteiger partial charge is 0.192 e. The average Bonchev–Trinajstić information content (AvgIpc) is 2.77. The second kappa shape index (κ2) is 11.4. The first kappa shape index (κ1) is 25.6. The number of para-hydroxylation sites is 1. The Morgan fingerprint density at radius 1 is 1.27 bits per heavy atom. The van der Waals surface area contributed by atoms with Gasteiger partial charge in [-0.2, -0.15) is 0 Å². The number of rotatable bonds is 5. The van der Waals surface area contributed by atoms with E-state index in [1.54, 1.807) is 0 Å². The van der Waals surface area contributed by atoms with Crippen molar-refractivity contribution in [2.45, 2.75) is 58.4 Å². The molecule has 33 heavy (non-hydrogen) atoms. The lowest BCUT2D eigenvalue weighted by atomic mass is 9.90. The summed E-state index contributed by atoms with van der Waals surface area (Å²) < 4.78 is 11.8. The Kier molecular flexibility index (Phi) is 8.81. The highest BCUT2D eigenvalue weighted by Crippen LogP contribution is 2.39. The van der Waals surface area contributed by atoms with E-state index in [1.807, 2.05) is 24.4 Å². The fourth-order valence-corrected chi connectivity index (χ4v) is 4.34. The van der Waals surface area contributed by atoms with Gasteiger partial charge in [-0.1, -0.05) is 18.2 Å². The van der Waals surface area contributed by atoms with Crippen molar-refractivity contribution in [2.75, 3.05) is 31.1 Å². The van der Waals surface area contributed by atoms with Crippen LogP contribution in [-0.2, 0) is 11.3 Å². The molecule has 2 aliphatic heterocycles. The van der Waals surface area contributed by atoms with Gasteiger partial charge >= 0.3 is 0 Å². The van der Waals surface area contributed by atoms with Gasteiger partial charge in [-0.05, 0) is 51.5 Å². The number of hydrogen-bond donors (Lipinski definition) is 2. The predicted octanol–water partition coefficient (Wildman–Crippen LogP) is 4.28. The molecule has 0 radical (unpaired) electrons. The summed E-state index contributed by atoms with van der Waals surface area (Å²) in [6.07, 6.45) is 2.96. The molecule has 0 saturated carbocycles. The molecule has 1 aromatic carbocycles. The lowest BCUT2D eigenvalue weighted by Crippen LogP contribution is -2.45. The maximum absolute atomic E-state index is 6.18. The first-order valence-corrected chi connectivity index (χ1v) is 11.6. The summed E-state index contributed by atoms with van der Waals surface area (Å²) in [6.45, 7) is 12.3. The molecular weight excluding hydrogens is 529 g/mol. The van der Waals surface area contributed by atoms with Crippen molar-refractivity contribution < 1.29 is 9.47 Å². The van der Waals surface area contributed by atoms with Crippen LogP contribution in [0.25, 0.3) is 0 Å². The summed E-state index contributed by atoms with van der Waals surface area (Å²) in [5.74, 6) is 2.74. The van der Waals surface area contributed by atoms with E-state index in [-0.39, 0.29) is 41.7 Å². The van der Waals surface area contributed by atoms with Gasteiger partial charge in [0, 0.05) is 37.8 Å². The van der Waals surface area contributed by atoms with Gasteiger partial charge in [0.05, 0.1) is 25.3 Å². The van der Waals surface area contributed by atoms with Crippen LogP contribution in [0.1, 0.15) is 51.3 Å². The molecule has 1 aromatic heterocycles. The molecule has 2 atom stereocenters. The topological polar surface area (TPSA) is 71.0 Å². The second-order valence-corrected chi connectivity index (χ2v) is 9.15. The van der Waals surface area contributed by atoms with Gasteiger partial charge < -0.3 is 25.0 Å². The molecule has 7 nitrogen and oxygen atoms in total. The van der Waals surface area contributed by atoms with Gasteiger partial charge in [0.2, 0.25) is 0 Å². The minimum atomic E-state index is -0.237. The van der Waals surface area contributed by atoms with E-state index in [1.165, 1.54) is 5.56 Å². The van der Waals surface area contributed by atoms with E-state index in [4.69, 9.17) is 14.5 Å². The third-order valence-electron chi connectivity index (χ3n) is 5.83. The predicted molar refractivity (Wildman–Crippen MR) is 144 cm³/mol. The van der Waals surface area contributed by atoms with Crippen LogP contribution < -0.4 is 20.3 Å². The van der Waals surface area contributed by atoms with Crippen molar-refractivity contribution in [1.29, 1.82) is 0 Å². The zero-order valence-electron chi connectivity index (χ0n) is 20.0. The summed E-state index contributed by atoms with van der Waals surface area (Å²) in [6, 6.07) is 12.6. The third kappa shape index (κ3) is 6.72. The van der Waals surface area contributed by atoms with Crippen LogP contribution in [0.15, 0.2) is 47.6 Å². The number of anilines is 1. The van der Waals surface area contributed by atoms with Crippen LogP contribution in [0.4, 0.5) is 5.82 Å². The SMILES string of the molecule is CCNC(=NCc1ccnc(N2CCOC(C)C2)c1)NC1CC(C)(C)Oc2ccccc21.I. The Bertz CT molecular complexity index is 952. The number of nitrogens with zero attached hydrogens (tertiary/aromatic N) is 3. The lowest BCUT2D eigenvalue weighted by molar-refractivity contribution is 0.0529. The number of fused-ring (bicyclic) bond motifs is 1. The number of pyridine rings is 1. The van der Waals surface area contributed by atoms with Gasteiger partial charge in [-0.3, -0.25) is 0 Å². The highest BCUT2D eigenvalue weighted by atomic mass is 127. The van der Waals surface area contributed by atoms with Crippen molar-refractivity contribution in [3.05, 3.63) is 53.7 Å². The number of ether oxygens (including phenoxy) is 2. The second-order valence-electron chi connectivity index (χ2n) is 9.15. The van der Waals surface area contributed by atoms with Gasteiger partial charge in [0.1, 0.15) is 17.2 Å². The number of benzene rings is 1. The quantitative estimate of drug-likeness (QED) is 0.321. The molecule has 1 saturated heterocycles. The Labute approximate surface area is 214 Å². The van der Waals surface area contributed by atoms with E-state index in [0.29, 0.717) is 6.54 Å². The number of morpholine rings is 1. The van der Waals surface area contributed by atoms with Crippen LogP contribution in [0.5, 0.6) is 5.75 Å². The molecule has 4 rings (SSSR count). The Balaban J connectivity index is 0.00000306. The summed E-state index contributed by atoms with van der Waals surface area (Å²) in [5, 5.41) is 7.04. The Morgan fingerprint density at radius 3 is 2.88 bits per heavy atom. The Hall–Kier alpha value is -2.07. The van der Waals surface area contributed by atoms with Gasteiger partial charge in [0.25, 0.3) is 0 Å². The fraction of sp³-hybridized carbons (Fsp3) is 0.520. The number of aromatic nitrogens is 1. The molecule has 0 aliphatic carbocycles. The zero-order valence-corrected chi connectivity index (χ0v) is 22.3. The number of guanidine groups is 1. The molecule has 0 spiro atoms. The van der Waals surface area contributed by atoms with Crippen molar-refractivity contribution in [3.8, 4) is 5.75 Å². The number of hydrogen-bond acceptors (Lipinski definition) is 5. The molecule has 180 valence electrons. The summed E-state index contributed by atoms with van der Waals surface area (Å²) in [4.78, 5) is 11.7. The molecule has 2 aromatic rings. The van der Waals surface area contributed by atoms with Gasteiger partial charge in [-0.25, -0.2) is 9.98 Å². The van der Waals surface area contributed by atoms with Gasteiger partial charge in [-0.15, -0.1) is 24.0 Å². The highest BCUT2D eigenvalue weighted by Gasteiger charge is 2.34. The molecule has 8 heteroatoms. The normalized spacial score (nSPS) is 21.9. The molecule has 2 N–H and O–H groups in total. The fourth-order valence-electron chi connectivity index (χ4n) is 4.34. The average molecular weight is 566 g/mol. The molecule has 2 aliphatic rings. The summed E-state index contributed by atoms with van der Waals surface area (Å²) >= 11 is 0. The number of aliphatic imine (C=N–C) groups is 1. The maximum atomic E-state index is 6.18. The standard InChI is InChI=1S/C25H35N5O2.HI/c1-5-26-24(29-21-15-25(3,4)32-22-9-7-6-8-20(21)22)28-16-19-10-11-27-23(14-19)30-12-13-31-18(2)17-30;/h6-11,14,18,21H,5,12-13,15-17H2,1-4H3,(H2,26,28,29);1H. The van der Waals surface area contributed by atoms with Crippen LogP contribution in [0, 0.1) is 0 Å². The maximum Gasteiger partial charge on any atom is 0.192 e. The zero-order chi connectivity index (χ0) is 22.6. The van der Waals surface area contributed by atoms with Crippen LogP contribution >= 0.6 is 24.0 Å². The molecule has 3 heterocycles. The summed E-state index contributed by atoms with van der Waals surface area (Å²) in [5.41, 5.74) is 2.07.